The van der Waals surface area contributed by atoms with Crippen molar-refractivity contribution in [2.75, 3.05) is 31.4 Å². The van der Waals surface area contributed by atoms with Crippen molar-refractivity contribution in [1.82, 2.24) is 4.90 Å². The number of anilines is 2. The molecule has 1 aromatic heterocycles. The van der Waals surface area contributed by atoms with Crippen LogP contribution in [-0.2, 0) is 22.6 Å². The van der Waals surface area contributed by atoms with Crippen LogP contribution in [0.5, 0.6) is 11.5 Å². The molecule has 1 atom stereocenters. The maximum atomic E-state index is 13.1. The molecule has 9 nitrogen and oxygen atoms in total. The van der Waals surface area contributed by atoms with Crippen LogP contribution in [0.3, 0.4) is 0 Å². The minimum Gasteiger partial charge on any atom is -0.496 e. The van der Waals surface area contributed by atoms with Gasteiger partial charge in [0, 0.05) is 28.9 Å². The summed E-state index contributed by atoms with van der Waals surface area (Å²) < 4.78 is 10.7. The molecule has 0 fully saturated rings. The predicted octanol–water partition coefficient (Wildman–Crippen LogP) is 4.91. The highest BCUT2D eigenvalue weighted by Gasteiger charge is 2.27. The van der Waals surface area contributed by atoms with Crippen molar-refractivity contribution in [3.8, 4) is 17.6 Å². The van der Waals surface area contributed by atoms with Crippen LogP contribution in [0.4, 0.5) is 10.7 Å². The van der Waals surface area contributed by atoms with Crippen LogP contribution in [0, 0.1) is 11.3 Å². The Kier molecular flexibility index (Phi) is 8.79. The summed E-state index contributed by atoms with van der Waals surface area (Å²) in [7, 11) is 2.97. The number of fused-ring (bicyclic) bond motifs is 1. The van der Waals surface area contributed by atoms with Gasteiger partial charge in [0.15, 0.2) is 0 Å². The van der Waals surface area contributed by atoms with Gasteiger partial charge in [0.05, 0.1) is 31.6 Å². The molecule has 202 valence electrons. The lowest BCUT2D eigenvalue weighted by Crippen LogP contribution is -2.33. The summed E-state index contributed by atoms with van der Waals surface area (Å²) in [6.45, 7) is 4.32. The number of amides is 3. The zero-order valence-corrected chi connectivity index (χ0v) is 23.6. The van der Waals surface area contributed by atoms with Gasteiger partial charge in [-0.1, -0.05) is 12.1 Å². The number of benzene rings is 2. The quantitative estimate of drug-likeness (QED) is 0.373. The van der Waals surface area contributed by atoms with Crippen molar-refractivity contribution in [3.63, 3.8) is 0 Å². The average Bonchev–Trinajstić information content (AvgIpc) is 3.28. The maximum Gasteiger partial charge on any atom is 0.263 e. The van der Waals surface area contributed by atoms with Gasteiger partial charge in [-0.15, -0.1) is 23.1 Å². The number of hydrogen-bond donors (Lipinski definition) is 2. The first-order valence-corrected chi connectivity index (χ1v) is 13.8. The van der Waals surface area contributed by atoms with E-state index in [0.29, 0.717) is 47.3 Å². The Labute approximate surface area is 235 Å². The predicted molar refractivity (Wildman–Crippen MR) is 152 cm³/mol. The highest BCUT2D eigenvalue weighted by molar-refractivity contribution is 8.00. The molecule has 0 saturated carbocycles. The van der Waals surface area contributed by atoms with E-state index in [1.807, 2.05) is 6.07 Å². The van der Waals surface area contributed by atoms with E-state index in [4.69, 9.17) is 9.47 Å². The van der Waals surface area contributed by atoms with Crippen molar-refractivity contribution in [3.05, 3.63) is 64.0 Å². The fourth-order valence-corrected chi connectivity index (χ4v) is 6.41. The molecule has 0 saturated heterocycles. The first-order chi connectivity index (χ1) is 18.7. The molecule has 3 aromatic rings. The van der Waals surface area contributed by atoms with E-state index in [1.54, 1.807) is 48.2 Å². The molecule has 3 amide bonds. The number of nitrogens with one attached hydrogen (secondary N) is 2. The Balaban J connectivity index is 1.44. The summed E-state index contributed by atoms with van der Waals surface area (Å²) in [6, 6.07) is 14.5. The van der Waals surface area contributed by atoms with E-state index >= 15 is 0 Å². The molecule has 1 aliphatic rings. The molecule has 39 heavy (non-hydrogen) atoms. The first-order valence-electron chi connectivity index (χ1n) is 12.2. The lowest BCUT2D eigenvalue weighted by molar-refractivity contribution is -0.129. The van der Waals surface area contributed by atoms with Crippen molar-refractivity contribution >= 4 is 51.5 Å². The van der Waals surface area contributed by atoms with Crippen molar-refractivity contribution in [1.29, 1.82) is 5.26 Å². The van der Waals surface area contributed by atoms with Crippen LogP contribution in [-0.4, -0.2) is 48.6 Å². The van der Waals surface area contributed by atoms with Gasteiger partial charge < -0.3 is 25.0 Å². The Morgan fingerprint density at radius 3 is 2.44 bits per heavy atom. The normalized spacial score (nSPS) is 13.1. The average molecular weight is 565 g/mol. The molecule has 2 heterocycles. The summed E-state index contributed by atoms with van der Waals surface area (Å²) in [5.74, 6) is 0.147. The molecule has 0 spiro atoms. The molecule has 1 unspecified atom stereocenters. The van der Waals surface area contributed by atoms with Crippen LogP contribution in [0.1, 0.15) is 40.2 Å². The SMILES string of the molecule is COc1cccc(OC)c1C(=O)Nc1cccc(SC(C)C(=O)Nc2sc3c(c2C#N)CCN(C(C)=O)C3)c1. The number of rotatable bonds is 8. The number of methoxy groups -OCH3 is 2. The summed E-state index contributed by atoms with van der Waals surface area (Å²) in [5.41, 5.74) is 2.22. The number of nitrogens with zero attached hydrogens (tertiary/aromatic N) is 2. The van der Waals surface area contributed by atoms with Crippen LogP contribution in [0.25, 0.3) is 0 Å². The third-order valence-electron chi connectivity index (χ3n) is 6.28. The molecular weight excluding hydrogens is 536 g/mol. The minimum absolute atomic E-state index is 0.0105. The van der Waals surface area contributed by atoms with E-state index in [9.17, 15) is 19.6 Å². The van der Waals surface area contributed by atoms with Crippen LogP contribution >= 0.6 is 23.1 Å². The van der Waals surface area contributed by atoms with Gasteiger partial charge in [-0.05, 0) is 49.2 Å². The van der Waals surface area contributed by atoms with Crippen LogP contribution in [0.15, 0.2) is 47.4 Å². The molecular formula is C28H28N4O5S2. The third kappa shape index (κ3) is 6.19. The standard InChI is InChI=1S/C28H28N4O5S2/c1-16(26(34)31-28-21(14-29)20-11-12-32(17(2)33)15-24(20)39-28)38-19-8-5-7-18(13-19)30-27(35)25-22(36-3)9-6-10-23(25)37-4/h5-10,13,16H,11-12,15H2,1-4H3,(H,30,35)(H,31,34). The van der Waals surface area contributed by atoms with Gasteiger partial charge in [-0.2, -0.15) is 5.26 Å². The van der Waals surface area contributed by atoms with Gasteiger partial charge >= 0.3 is 0 Å². The monoisotopic (exact) mass is 564 g/mol. The fourth-order valence-electron chi connectivity index (χ4n) is 4.27. The zero-order valence-electron chi connectivity index (χ0n) is 22.0. The molecule has 0 bridgehead atoms. The van der Waals surface area contributed by atoms with Crippen LogP contribution in [0.2, 0.25) is 0 Å². The van der Waals surface area contributed by atoms with Gasteiger partial charge in [-0.3, -0.25) is 14.4 Å². The first kappa shape index (κ1) is 28.0. The number of thiophene rings is 1. The fraction of sp³-hybridized carbons (Fsp3) is 0.286. The number of ether oxygens (including phenoxy) is 2. The van der Waals surface area contributed by atoms with Gasteiger partial charge in [0.1, 0.15) is 28.1 Å². The molecule has 4 rings (SSSR count). The molecule has 1 aliphatic heterocycles. The van der Waals surface area contributed by atoms with Crippen LogP contribution < -0.4 is 20.1 Å². The second kappa shape index (κ2) is 12.2. The summed E-state index contributed by atoms with van der Waals surface area (Å²) >= 11 is 2.68. The van der Waals surface area contributed by atoms with E-state index in [0.717, 1.165) is 15.3 Å². The van der Waals surface area contributed by atoms with E-state index < -0.39 is 5.25 Å². The maximum absolute atomic E-state index is 13.1. The van der Waals surface area contributed by atoms with Crippen molar-refractivity contribution in [2.24, 2.45) is 0 Å². The smallest absolute Gasteiger partial charge is 0.263 e. The van der Waals surface area contributed by atoms with Gasteiger partial charge in [0.25, 0.3) is 5.91 Å². The Morgan fingerprint density at radius 2 is 1.79 bits per heavy atom. The largest absolute Gasteiger partial charge is 0.496 e. The third-order valence-corrected chi connectivity index (χ3v) is 8.51. The molecule has 2 aromatic carbocycles. The summed E-state index contributed by atoms with van der Waals surface area (Å²) in [5, 5.41) is 15.6. The number of carbonyl (C=O) groups excluding carboxylic acids is 3. The Hall–Kier alpha value is -4.01. The minimum atomic E-state index is -0.482. The number of thioether (sulfide) groups is 1. The molecule has 0 radical (unpaired) electrons. The Bertz CT molecular complexity index is 1440. The zero-order chi connectivity index (χ0) is 28.1. The topological polar surface area (TPSA) is 121 Å². The molecule has 2 N–H and O–H groups in total. The Morgan fingerprint density at radius 1 is 1.10 bits per heavy atom. The molecule has 0 aliphatic carbocycles. The lowest BCUT2D eigenvalue weighted by atomic mass is 10.0. The van der Waals surface area contributed by atoms with Gasteiger partial charge in [-0.25, -0.2) is 0 Å². The number of carbonyl (C=O) groups is 3. The van der Waals surface area contributed by atoms with E-state index in [-0.39, 0.29) is 23.3 Å². The second-order valence-electron chi connectivity index (χ2n) is 8.78. The number of nitriles is 1. The van der Waals surface area contributed by atoms with Crippen molar-refractivity contribution in [2.45, 2.75) is 37.0 Å². The summed E-state index contributed by atoms with van der Waals surface area (Å²) in [4.78, 5) is 41.3. The van der Waals surface area contributed by atoms with E-state index in [2.05, 4.69) is 16.7 Å². The van der Waals surface area contributed by atoms with E-state index in [1.165, 1.54) is 44.2 Å². The lowest BCUT2D eigenvalue weighted by Gasteiger charge is -2.25. The highest BCUT2D eigenvalue weighted by Crippen LogP contribution is 2.37. The van der Waals surface area contributed by atoms with Crippen molar-refractivity contribution < 1.29 is 23.9 Å². The summed E-state index contributed by atoms with van der Waals surface area (Å²) in [6.07, 6.45) is 0.591. The molecule has 11 heteroatoms. The van der Waals surface area contributed by atoms with Gasteiger partial charge in [0.2, 0.25) is 11.8 Å². The highest BCUT2D eigenvalue weighted by atomic mass is 32.2. The second-order valence-corrected chi connectivity index (χ2v) is 11.3. The number of hydrogen-bond acceptors (Lipinski definition) is 8.